The zero-order valence-electron chi connectivity index (χ0n) is 16.1. The summed E-state index contributed by atoms with van der Waals surface area (Å²) in [4.78, 5) is 21.6. The van der Waals surface area contributed by atoms with Crippen molar-refractivity contribution in [3.05, 3.63) is 25.3 Å². The maximum absolute atomic E-state index is 10.8. The van der Waals surface area contributed by atoms with Gasteiger partial charge in [0, 0.05) is 5.54 Å². The van der Waals surface area contributed by atoms with Crippen molar-refractivity contribution in [2.24, 2.45) is 0 Å². The summed E-state index contributed by atoms with van der Waals surface area (Å²) < 4.78 is 60.7. The van der Waals surface area contributed by atoms with Crippen LogP contribution >= 0.6 is 0 Å². The van der Waals surface area contributed by atoms with Gasteiger partial charge >= 0.3 is 29.6 Å². The number of carbonyl (C=O) groups is 2. The summed E-state index contributed by atoms with van der Waals surface area (Å²) in [6.07, 6.45) is 2.05. The third-order valence-electron chi connectivity index (χ3n) is 2.37. The van der Waals surface area contributed by atoms with Gasteiger partial charge in [-0.3, -0.25) is 14.1 Å². The Bertz CT molecular complexity index is 679. The molecule has 0 aromatic carbocycles. The minimum absolute atomic E-state index is 0. The van der Waals surface area contributed by atoms with E-state index < -0.39 is 54.6 Å². The summed E-state index contributed by atoms with van der Waals surface area (Å²) in [5.41, 5.74) is -2.06. The first kappa shape index (κ1) is 31.0. The molecule has 152 valence electrons. The van der Waals surface area contributed by atoms with Gasteiger partial charge in [-0.05, 0) is 39.8 Å². The molecule has 27 heavy (non-hydrogen) atoms. The minimum atomic E-state index is -4.33. The third-order valence-corrected chi connectivity index (χ3v) is 4.54. The molecule has 0 fully saturated rings. The number of nitrogens with one attached hydrogen (secondary N) is 2. The van der Waals surface area contributed by atoms with E-state index in [0.29, 0.717) is 0 Å². The van der Waals surface area contributed by atoms with Crippen molar-refractivity contribution in [1.29, 1.82) is 0 Å². The molecule has 0 bridgehead atoms. The van der Waals surface area contributed by atoms with E-state index in [4.69, 9.17) is 4.55 Å². The summed E-state index contributed by atoms with van der Waals surface area (Å²) in [6, 6.07) is 0. The Morgan fingerprint density at radius 2 is 1.22 bits per heavy atom. The Morgan fingerprint density at radius 3 is 1.44 bits per heavy atom. The molecule has 0 unspecified atom stereocenters. The molecule has 0 aliphatic rings. The Hall–Kier alpha value is -0.760. The molecule has 0 saturated heterocycles. The molecule has 0 heterocycles. The number of amides is 2. The molecule has 0 aliphatic carbocycles. The molecule has 0 aliphatic heterocycles. The van der Waals surface area contributed by atoms with E-state index in [0.717, 1.165) is 12.2 Å². The van der Waals surface area contributed by atoms with E-state index in [2.05, 4.69) is 23.8 Å². The molecule has 0 radical (unpaired) electrons. The van der Waals surface area contributed by atoms with Gasteiger partial charge in [0.1, 0.15) is 0 Å². The van der Waals surface area contributed by atoms with Gasteiger partial charge < -0.3 is 15.2 Å². The van der Waals surface area contributed by atoms with Crippen LogP contribution in [0.5, 0.6) is 0 Å². The fourth-order valence-electron chi connectivity index (χ4n) is 1.74. The predicted octanol–water partition coefficient (Wildman–Crippen LogP) is -3.43. The number of hydrogen-bond donors (Lipinski definition) is 3. The monoisotopic (exact) mass is 436 g/mol. The normalized spacial score (nSPS) is 11.8. The van der Waals surface area contributed by atoms with E-state index in [9.17, 15) is 31.0 Å². The second-order valence-electron chi connectivity index (χ2n) is 6.58. The smallest absolute Gasteiger partial charge is 0.748 e. The van der Waals surface area contributed by atoms with Gasteiger partial charge in [-0.2, -0.15) is 8.42 Å². The maximum atomic E-state index is 10.8. The zero-order valence-corrected chi connectivity index (χ0v) is 19.7. The quantitative estimate of drug-likeness (QED) is 0.201. The maximum Gasteiger partial charge on any atom is 1.00 e. The number of carbonyl (C=O) groups excluding carboxylic acids is 2. The SMILES string of the molecule is C=CC(=O)NC(C)(C)CS(=O)(=O)O.C=CC(=O)NC(C)(C)CS(=O)(=O)[O-].[Na+]. The van der Waals surface area contributed by atoms with Gasteiger partial charge in [-0.1, -0.05) is 13.2 Å². The summed E-state index contributed by atoms with van der Waals surface area (Å²) in [7, 11) is -8.42. The molecule has 13 heteroatoms. The Balaban J connectivity index is -0.000000411. The fourth-order valence-corrected chi connectivity index (χ4v) is 3.68. The van der Waals surface area contributed by atoms with Crippen LogP contribution in [-0.4, -0.2) is 60.3 Å². The number of hydrogen-bond acceptors (Lipinski definition) is 7. The van der Waals surface area contributed by atoms with E-state index in [-0.39, 0.29) is 29.6 Å². The van der Waals surface area contributed by atoms with Gasteiger partial charge in [0.15, 0.2) is 0 Å². The van der Waals surface area contributed by atoms with E-state index in [1.807, 2.05) is 0 Å². The van der Waals surface area contributed by atoms with Gasteiger partial charge in [0.2, 0.25) is 11.8 Å². The number of rotatable bonds is 8. The van der Waals surface area contributed by atoms with Crippen LogP contribution in [0.15, 0.2) is 25.3 Å². The molecule has 0 aromatic heterocycles. The first-order valence-corrected chi connectivity index (χ1v) is 10.3. The Morgan fingerprint density at radius 1 is 0.926 bits per heavy atom. The third kappa shape index (κ3) is 21.4. The zero-order chi connectivity index (χ0) is 21.4. The van der Waals surface area contributed by atoms with Gasteiger partial charge in [0.05, 0.1) is 27.2 Å². The standard InChI is InChI=1S/2C7H13NO4S.Na/c2*1-4-6(9)8-7(2,3)5-13(10,11)12;/h2*4H,1,5H2,2-3H3,(H,8,9)(H,10,11,12);/q;;+1/p-1. The van der Waals surface area contributed by atoms with Crippen LogP contribution < -0.4 is 40.2 Å². The predicted molar refractivity (Wildman–Crippen MR) is 95.8 cm³/mol. The first-order chi connectivity index (χ1) is 11.3. The van der Waals surface area contributed by atoms with E-state index in [1.54, 1.807) is 0 Å². The average molecular weight is 436 g/mol. The molecular weight excluding hydrogens is 411 g/mol. The van der Waals surface area contributed by atoms with Crippen molar-refractivity contribution < 1.29 is 65.1 Å². The summed E-state index contributed by atoms with van der Waals surface area (Å²) in [6.45, 7) is 12.3. The largest absolute Gasteiger partial charge is 1.00 e. The van der Waals surface area contributed by atoms with Gasteiger partial charge in [0.25, 0.3) is 10.1 Å². The van der Waals surface area contributed by atoms with Crippen molar-refractivity contribution in [1.82, 2.24) is 10.6 Å². The van der Waals surface area contributed by atoms with Crippen LogP contribution in [0.3, 0.4) is 0 Å². The van der Waals surface area contributed by atoms with Crippen LogP contribution in [-0.2, 0) is 29.8 Å². The van der Waals surface area contributed by atoms with Crippen molar-refractivity contribution in [2.45, 2.75) is 38.8 Å². The summed E-state index contributed by atoms with van der Waals surface area (Å²) in [5, 5.41) is 4.69. The molecule has 0 rings (SSSR count). The second kappa shape index (κ2) is 11.9. The van der Waals surface area contributed by atoms with Crippen LogP contribution in [0.1, 0.15) is 27.7 Å². The molecule has 0 atom stereocenters. The van der Waals surface area contributed by atoms with Crippen LogP contribution in [0, 0.1) is 0 Å². The van der Waals surface area contributed by atoms with Crippen LogP contribution in [0.4, 0.5) is 0 Å². The molecule has 0 aromatic rings. The van der Waals surface area contributed by atoms with E-state index in [1.165, 1.54) is 27.7 Å². The van der Waals surface area contributed by atoms with Crippen LogP contribution in [0.2, 0.25) is 0 Å². The van der Waals surface area contributed by atoms with Gasteiger partial charge in [-0.25, -0.2) is 8.42 Å². The Kier molecular flexibility index (Phi) is 13.7. The first-order valence-electron chi connectivity index (χ1n) is 7.10. The molecule has 0 saturated carbocycles. The van der Waals surface area contributed by atoms with Crippen molar-refractivity contribution in [3.63, 3.8) is 0 Å². The molecule has 2 amide bonds. The average Bonchev–Trinajstić information content (AvgIpc) is 2.31. The molecule has 3 N–H and O–H groups in total. The second-order valence-corrected chi connectivity index (χ2v) is 9.44. The molecular formula is C14H25N2NaO8S2. The topological polar surface area (TPSA) is 170 Å². The van der Waals surface area contributed by atoms with Gasteiger partial charge in [-0.15, -0.1) is 0 Å². The van der Waals surface area contributed by atoms with Crippen molar-refractivity contribution >= 4 is 32.1 Å². The van der Waals surface area contributed by atoms with Crippen molar-refractivity contribution in [3.8, 4) is 0 Å². The Labute approximate surface area is 182 Å². The van der Waals surface area contributed by atoms with Crippen molar-refractivity contribution in [2.75, 3.05) is 11.5 Å². The summed E-state index contributed by atoms with van der Waals surface area (Å²) >= 11 is 0. The van der Waals surface area contributed by atoms with Crippen LogP contribution in [0.25, 0.3) is 0 Å². The minimum Gasteiger partial charge on any atom is -0.748 e. The molecule has 10 nitrogen and oxygen atoms in total. The summed E-state index contributed by atoms with van der Waals surface area (Å²) in [5.74, 6) is -2.15. The molecule has 0 spiro atoms. The fraction of sp³-hybridized carbons (Fsp3) is 0.571. The van der Waals surface area contributed by atoms with E-state index >= 15 is 0 Å².